The Morgan fingerprint density at radius 3 is 2.94 bits per heavy atom. The second-order valence-electron chi connectivity index (χ2n) is 3.69. The van der Waals surface area contributed by atoms with E-state index in [1.807, 2.05) is 6.07 Å². The van der Waals surface area contributed by atoms with Crippen molar-refractivity contribution in [3.05, 3.63) is 35.8 Å². The molecule has 0 atom stereocenters. The maximum absolute atomic E-state index is 13.0. The summed E-state index contributed by atoms with van der Waals surface area (Å²) in [4.78, 5) is 0. The number of aromatic nitrogens is 2. The van der Waals surface area contributed by atoms with E-state index in [1.54, 1.807) is 0 Å². The first-order chi connectivity index (χ1) is 7.70. The number of nitrogens with one attached hydrogen (secondary N) is 1. The third-order valence-electron chi connectivity index (χ3n) is 2.38. The van der Waals surface area contributed by atoms with E-state index in [4.69, 9.17) is 0 Å². The molecule has 0 aliphatic heterocycles. The van der Waals surface area contributed by atoms with Crippen LogP contribution in [0.5, 0.6) is 5.75 Å². The van der Waals surface area contributed by atoms with Gasteiger partial charge in [0.05, 0.1) is 5.69 Å². The summed E-state index contributed by atoms with van der Waals surface area (Å²) in [5, 5.41) is 16.5. The number of aromatic hydroxyl groups is 1. The zero-order valence-corrected chi connectivity index (χ0v) is 9.00. The van der Waals surface area contributed by atoms with Gasteiger partial charge in [-0.3, -0.25) is 5.10 Å². The van der Waals surface area contributed by atoms with Crippen LogP contribution in [0.3, 0.4) is 0 Å². The summed E-state index contributed by atoms with van der Waals surface area (Å²) in [5.74, 6) is -0.344. The van der Waals surface area contributed by atoms with Crippen LogP contribution in [0.25, 0.3) is 11.3 Å². The van der Waals surface area contributed by atoms with Crippen LogP contribution in [0, 0.1) is 5.82 Å². The van der Waals surface area contributed by atoms with Crippen LogP contribution in [-0.4, -0.2) is 15.3 Å². The molecule has 0 saturated heterocycles. The monoisotopic (exact) mass is 220 g/mol. The molecule has 2 aromatic rings. The van der Waals surface area contributed by atoms with Crippen LogP contribution in [0.1, 0.15) is 19.0 Å². The van der Waals surface area contributed by atoms with Gasteiger partial charge in [0.15, 0.2) is 0 Å². The molecule has 3 nitrogen and oxygen atoms in total. The minimum absolute atomic E-state index is 0.0379. The molecule has 0 bridgehead atoms. The highest BCUT2D eigenvalue weighted by Gasteiger charge is 2.09. The Labute approximate surface area is 92.9 Å². The van der Waals surface area contributed by atoms with Crippen molar-refractivity contribution in [1.29, 1.82) is 0 Å². The van der Waals surface area contributed by atoms with E-state index < -0.39 is 0 Å². The third kappa shape index (κ3) is 2.05. The third-order valence-corrected chi connectivity index (χ3v) is 2.38. The normalized spacial score (nSPS) is 10.6. The van der Waals surface area contributed by atoms with Gasteiger partial charge in [0.1, 0.15) is 11.6 Å². The highest BCUT2D eigenvalue weighted by atomic mass is 19.1. The second-order valence-corrected chi connectivity index (χ2v) is 3.69. The van der Waals surface area contributed by atoms with Crippen molar-refractivity contribution in [1.82, 2.24) is 10.2 Å². The van der Waals surface area contributed by atoms with E-state index in [1.165, 1.54) is 18.2 Å². The average molecular weight is 220 g/mol. The first kappa shape index (κ1) is 10.7. The van der Waals surface area contributed by atoms with Gasteiger partial charge in [0, 0.05) is 11.3 Å². The first-order valence-corrected chi connectivity index (χ1v) is 5.24. The van der Waals surface area contributed by atoms with Crippen LogP contribution in [0.4, 0.5) is 4.39 Å². The fourth-order valence-electron chi connectivity index (χ4n) is 1.61. The number of rotatable bonds is 3. The molecular formula is C12H13FN2O. The topological polar surface area (TPSA) is 48.9 Å². The largest absolute Gasteiger partial charge is 0.507 e. The summed E-state index contributed by atoms with van der Waals surface area (Å²) in [6.07, 6.45) is 1.90. The number of benzene rings is 1. The van der Waals surface area contributed by atoms with E-state index in [0.717, 1.165) is 18.5 Å². The molecule has 0 radical (unpaired) electrons. The lowest BCUT2D eigenvalue weighted by atomic mass is 10.1. The number of hydrogen-bond donors (Lipinski definition) is 2. The van der Waals surface area contributed by atoms with Crippen molar-refractivity contribution in [3.63, 3.8) is 0 Å². The van der Waals surface area contributed by atoms with Gasteiger partial charge in [-0.05, 0) is 30.7 Å². The smallest absolute Gasteiger partial charge is 0.125 e. The maximum atomic E-state index is 13.0. The number of halogens is 1. The van der Waals surface area contributed by atoms with E-state index in [-0.39, 0.29) is 11.6 Å². The molecule has 0 amide bonds. The molecule has 4 heteroatoms. The lowest BCUT2D eigenvalue weighted by Gasteiger charge is -2.00. The van der Waals surface area contributed by atoms with E-state index >= 15 is 0 Å². The van der Waals surface area contributed by atoms with Crippen LogP contribution in [0.15, 0.2) is 24.3 Å². The van der Waals surface area contributed by atoms with Crippen LogP contribution in [-0.2, 0) is 6.42 Å². The standard InChI is InChI=1S/C12H13FN2O/c1-2-3-9-7-11(15-14-9)10-6-8(13)4-5-12(10)16/h4-7,16H,2-3H2,1H3,(H,14,15). The molecule has 2 rings (SSSR count). The molecule has 1 heterocycles. The van der Waals surface area contributed by atoms with Crippen molar-refractivity contribution in [2.45, 2.75) is 19.8 Å². The predicted molar refractivity (Wildman–Crippen MR) is 59.6 cm³/mol. The van der Waals surface area contributed by atoms with Gasteiger partial charge >= 0.3 is 0 Å². The molecule has 0 spiro atoms. The van der Waals surface area contributed by atoms with Gasteiger partial charge in [0.2, 0.25) is 0 Å². The van der Waals surface area contributed by atoms with Gasteiger partial charge in [0.25, 0.3) is 0 Å². The molecule has 84 valence electrons. The van der Waals surface area contributed by atoms with Crippen molar-refractivity contribution in [3.8, 4) is 17.0 Å². The average Bonchev–Trinajstić information content (AvgIpc) is 2.71. The van der Waals surface area contributed by atoms with Crippen molar-refractivity contribution in [2.24, 2.45) is 0 Å². The quantitative estimate of drug-likeness (QED) is 0.835. The molecule has 1 aromatic heterocycles. The number of nitrogens with zero attached hydrogens (tertiary/aromatic N) is 1. The van der Waals surface area contributed by atoms with Gasteiger partial charge in [-0.15, -0.1) is 0 Å². The summed E-state index contributed by atoms with van der Waals surface area (Å²) < 4.78 is 13.0. The fourth-order valence-corrected chi connectivity index (χ4v) is 1.61. The lowest BCUT2D eigenvalue weighted by molar-refractivity contribution is 0.475. The molecule has 0 aliphatic rings. The molecule has 0 aliphatic carbocycles. The van der Waals surface area contributed by atoms with Crippen LogP contribution >= 0.6 is 0 Å². The van der Waals surface area contributed by atoms with Gasteiger partial charge < -0.3 is 5.11 Å². The molecule has 0 fully saturated rings. The summed E-state index contributed by atoms with van der Waals surface area (Å²) in [7, 11) is 0. The Balaban J connectivity index is 2.38. The van der Waals surface area contributed by atoms with Gasteiger partial charge in [-0.25, -0.2) is 4.39 Å². The number of aromatic amines is 1. The molecular weight excluding hydrogens is 207 g/mol. The summed E-state index contributed by atoms with van der Waals surface area (Å²) in [5.41, 5.74) is 1.97. The summed E-state index contributed by atoms with van der Waals surface area (Å²) in [6, 6.07) is 5.66. The molecule has 0 unspecified atom stereocenters. The van der Waals surface area contributed by atoms with Crippen molar-refractivity contribution < 1.29 is 9.50 Å². The van der Waals surface area contributed by atoms with E-state index in [9.17, 15) is 9.50 Å². The number of phenolic OH excluding ortho intramolecular Hbond substituents is 1. The SMILES string of the molecule is CCCc1cc(-c2cc(F)ccc2O)n[nH]1. The molecule has 16 heavy (non-hydrogen) atoms. The van der Waals surface area contributed by atoms with Gasteiger partial charge in [-0.2, -0.15) is 5.10 Å². The fraction of sp³-hybridized carbons (Fsp3) is 0.250. The second kappa shape index (κ2) is 4.35. The van der Waals surface area contributed by atoms with Gasteiger partial charge in [-0.1, -0.05) is 13.3 Å². The van der Waals surface area contributed by atoms with Crippen molar-refractivity contribution >= 4 is 0 Å². The highest BCUT2D eigenvalue weighted by Crippen LogP contribution is 2.28. The zero-order valence-electron chi connectivity index (χ0n) is 9.00. The van der Waals surface area contributed by atoms with Crippen molar-refractivity contribution in [2.75, 3.05) is 0 Å². The summed E-state index contributed by atoms with van der Waals surface area (Å²) >= 11 is 0. The Hall–Kier alpha value is -1.84. The van der Waals surface area contributed by atoms with E-state index in [0.29, 0.717) is 11.3 Å². The minimum atomic E-state index is -0.382. The Bertz CT molecular complexity index is 494. The van der Waals surface area contributed by atoms with Crippen LogP contribution in [0.2, 0.25) is 0 Å². The lowest BCUT2D eigenvalue weighted by Crippen LogP contribution is -1.81. The number of hydrogen-bond acceptors (Lipinski definition) is 2. The van der Waals surface area contributed by atoms with Crippen LogP contribution < -0.4 is 0 Å². The number of H-pyrrole nitrogens is 1. The maximum Gasteiger partial charge on any atom is 0.125 e. The first-order valence-electron chi connectivity index (χ1n) is 5.24. The summed E-state index contributed by atoms with van der Waals surface area (Å²) in [6.45, 7) is 2.07. The van der Waals surface area contributed by atoms with E-state index in [2.05, 4.69) is 17.1 Å². The Morgan fingerprint density at radius 1 is 1.38 bits per heavy atom. The molecule has 0 saturated carbocycles. The Morgan fingerprint density at radius 2 is 2.19 bits per heavy atom. The zero-order chi connectivity index (χ0) is 11.5. The number of aryl methyl sites for hydroxylation is 1. The predicted octanol–water partition coefficient (Wildman–Crippen LogP) is 2.87. The number of phenols is 1. The molecule has 2 N–H and O–H groups in total. The highest BCUT2D eigenvalue weighted by molar-refractivity contribution is 5.66. The Kier molecular flexibility index (Phi) is 2.90. The molecule has 1 aromatic carbocycles. The minimum Gasteiger partial charge on any atom is -0.507 e.